The van der Waals surface area contributed by atoms with Crippen molar-refractivity contribution in [3.8, 4) is 0 Å². The molecule has 2 aromatic carbocycles. The van der Waals surface area contributed by atoms with Gasteiger partial charge < -0.3 is 10.9 Å². The van der Waals surface area contributed by atoms with Gasteiger partial charge in [0.05, 0.1) is 0 Å². The average Bonchev–Trinajstić information content (AvgIpc) is 2.42. The summed E-state index contributed by atoms with van der Waals surface area (Å²) in [5.74, 6) is 0.123. The number of hydrogen-bond acceptors (Lipinski definition) is 3. The van der Waals surface area contributed by atoms with Crippen LogP contribution < -0.4 is 5.73 Å². The number of amidine groups is 1. The molecule has 0 bridgehead atoms. The summed E-state index contributed by atoms with van der Waals surface area (Å²) in [7, 11) is 0. The van der Waals surface area contributed by atoms with Gasteiger partial charge in [-0.15, -0.1) is 0 Å². The highest BCUT2D eigenvalue weighted by molar-refractivity contribution is 9.10. The Bertz CT molecular complexity index is 629. The van der Waals surface area contributed by atoms with E-state index in [0.717, 1.165) is 25.4 Å². The summed E-state index contributed by atoms with van der Waals surface area (Å²) in [6, 6.07) is 13.7. The molecule has 19 heavy (non-hydrogen) atoms. The summed E-state index contributed by atoms with van der Waals surface area (Å²) in [5, 5.41) is 12.0. The molecule has 2 rings (SSSR count). The Hall–Kier alpha value is -1.46. The third-order valence-corrected chi connectivity index (χ3v) is 4.92. The third-order valence-electron chi connectivity index (χ3n) is 2.64. The largest absolute Gasteiger partial charge is 0.409 e. The van der Waals surface area contributed by atoms with Gasteiger partial charge in [0.25, 0.3) is 0 Å². The molecular formula is C14H13BrN2OS. The van der Waals surface area contributed by atoms with E-state index < -0.39 is 0 Å². The minimum Gasteiger partial charge on any atom is -0.409 e. The maximum absolute atomic E-state index is 8.87. The van der Waals surface area contributed by atoms with Crippen LogP contribution in [0.1, 0.15) is 11.1 Å². The van der Waals surface area contributed by atoms with E-state index in [0.29, 0.717) is 0 Å². The van der Waals surface area contributed by atoms with Crippen LogP contribution in [0.2, 0.25) is 0 Å². The van der Waals surface area contributed by atoms with Crippen molar-refractivity contribution in [1.82, 2.24) is 0 Å². The van der Waals surface area contributed by atoms with Crippen LogP contribution in [-0.4, -0.2) is 11.0 Å². The van der Waals surface area contributed by atoms with Crippen molar-refractivity contribution in [3.05, 3.63) is 58.1 Å². The van der Waals surface area contributed by atoms with Crippen molar-refractivity contribution in [3.63, 3.8) is 0 Å². The first-order valence-corrected chi connectivity index (χ1v) is 7.24. The number of halogens is 1. The van der Waals surface area contributed by atoms with E-state index in [1.54, 1.807) is 11.8 Å². The fourth-order valence-electron chi connectivity index (χ4n) is 1.68. The zero-order chi connectivity index (χ0) is 13.8. The molecule has 0 fully saturated rings. The Morgan fingerprint density at radius 1 is 1.21 bits per heavy atom. The molecular weight excluding hydrogens is 324 g/mol. The number of aryl methyl sites for hydroxylation is 1. The number of nitrogens with two attached hydrogens (primary N) is 1. The van der Waals surface area contributed by atoms with Crippen molar-refractivity contribution >= 4 is 33.5 Å². The highest BCUT2D eigenvalue weighted by Gasteiger charge is 2.12. The second-order valence-electron chi connectivity index (χ2n) is 3.97. The van der Waals surface area contributed by atoms with Gasteiger partial charge in [-0.05, 0) is 46.6 Å². The highest BCUT2D eigenvalue weighted by atomic mass is 79.9. The molecule has 0 unspecified atom stereocenters. The SMILES string of the molecule is Cc1cccc(/C(N)=N/O)c1Sc1ccccc1Br. The smallest absolute Gasteiger partial charge is 0.171 e. The lowest BCUT2D eigenvalue weighted by Gasteiger charge is -2.12. The molecule has 5 heteroatoms. The minimum absolute atomic E-state index is 0.123. The predicted molar refractivity (Wildman–Crippen MR) is 82.0 cm³/mol. The van der Waals surface area contributed by atoms with Crippen molar-refractivity contribution in [2.24, 2.45) is 10.9 Å². The average molecular weight is 337 g/mol. The molecule has 0 atom stereocenters. The van der Waals surface area contributed by atoms with Crippen LogP contribution in [-0.2, 0) is 0 Å². The fraction of sp³-hybridized carbons (Fsp3) is 0.0714. The number of hydrogen-bond donors (Lipinski definition) is 2. The van der Waals surface area contributed by atoms with Gasteiger partial charge in [0.1, 0.15) is 0 Å². The number of oxime groups is 1. The molecule has 0 amide bonds. The molecule has 0 aliphatic rings. The van der Waals surface area contributed by atoms with E-state index in [2.05, 4.69) is 21.1 Å². The van der Waals surface area contributed by atoms with E-state index in [-0.39, 0.29) is 5.84 Å². The molecule has 2 aromatic rings. The molecule has 0 heterocycles. The van der Waals surface area contributed by atoms with Crippen molar-refractivity contribution in [2.45, 2.75) is 16.7 Å². The second kappa shape index (κ2) is 6.12. The van der Waals surface area contributed by atoms with Crippen LogP contribution in [0.4, 0.5) is 0 Å². The normalized spacial score (nSPS) is 11.6. The van der Waals surface area contributed by atoms with Gasteiger partial charge in [0.15, 0.2) is 5.84 Å². The van der Waals surface area contributed by atoms with Crippen LogP contribution in [0.15, 0.2) is 61.9 Å². The lowest BCUT2D eigenvalue weighted by molar-refractivity contribution is 0.318. The standard InChI is InChI=1S/C14H13BrN2OS/c1-9-5-4-6-10(14(16)17-18)13(9)19-12-8-3-2-7-11(12)15/h2-8,18H,1H3,(H2,16,17). The Balaban J connectivity index is 2.48. The van der Waals surface area contributed by atoms with E-state index >= 15 is 0 Å². The van der Waals surface area contributed by atoms with E-state index in [9.17, 15) is 0 Å². The maximum atomic E-state index is 8.87. The highest BCUT2D eigenvalue weighted by Crippen LogP contribution is 2.36. The monoisotopic (exact) mass is 336 g/mol. The Morgan fingerprint density at radius 3 is 2.63 bits per heavy atom. The zero-order valence-corrected chi connectivity index (χ0v) is 12.7. The summed E-state index contributed by atoms with van der Waals surface area (Å²) >= 11 is 5.12. The van der Waals surface area contributed by atoms with Crippen LogP contribution in [0.3, 0.4) is 0 Å². The molecule has 0 aliphatic carbocycles. The van der Waals surface area contributed by atoms with Gasteiger partial charge in [0, 0.05) is 19.8 Å². The van der Waals surface area contributed by atoms with Crippen LogP contribution in [0.5, 0.6) is 0 Å². The molecule has 0 saturated heterocycles. The molecule has 3 nitrogen and oxygen atoms in total. The summed E-state index contributed by atoms with van der Waals surface area (Å²) in [5.41, 5.74) is 7.56. The van der Waals surface area contributed by atoms with Gasteiger partial charge >= 0.3 is 0 Å². The van der Waals surface area contributed by atoms with Gasteiger partial charge in [-0.1, -0.05) is 41.2 Å². The first-order valence-electron chi connectivity index (χ1n) is 5.63. The molecule has 0 spiro atoms. The van der Waals surface area contributed by atoms with Gasteiger partial charge in [-0.2, -0.15) is 0 Å². The first kappa shape index (κ1) is 14.0. The van der Waals surface area contributed by atoms with Gasteiger partial charge in [-0.3, -0.25) is 0 Å². The van der Waals surface area contributed by atoms with Gasteiger partial charge in [-0.25, -0.2) is 0 Å². The number of benzene rings is 2. The lowest BCUT2D eigenvalue weighted by Crippen LogP contribution is -2.14. The van der Waals surface area contributed by atoms with Gasteiger partial charge in [0.2, 0.25) is 0 Å². The van der Waals surface area contributed by atoms with E-state index in [1.807, 2.05) is 49.4 Å². The lowest BCUT2D eigenvalue weighted by atomic mass is 10.1. The summed E-state index contributed by atoms with van der Waals surface area (Å²) in [6.45, 7) is 2.01. The van der Waals surface area contributed by atoms with Crippen LogP contribution in [0.25, 0.3) is 0 Å². The van der Waals surface area contributed by atoms with Crippen molar-refractivity contribution in [1.29, 1.82) is 0 Å². The molecule has 98 valence electrons. The number of rotatable bonds is 3. The predicted octanol–water partition coefficient (Wildman–Crippen LogP) is 4.00. The Kier molecular flexibility index (Phi) is 4.50. The Morgan fingerprint density at radius 2 is 1.95 bits per heavy atom. The van der Waals surface area contributed by atoms with E-state index in [4.69, 9.17) is 10.9 Å². The molecule has 0 saturated carbocycles. The summed E-state index contributed by atoms with van der Waals surface area (Å²) < 4.78 is 1.02. The minimum atomic E-state index is 0.123. The van der Waals surface area contributed by atoms with Crippen LogP contribution >= 0.6 is 27.7 Å². The molecule has 0 aliphatic heterocycles. The second-order valence-corrected chi connectivity index (χ2v) is 5.88. The first-order chi connectivity index (χ1) is 9.13. The quantitative estimate of drug-likeness (QED) is 0.385. The molecule has 3 N–H and O–H groups in total. The third kappa shape index (κ3) is 3.11. The van der Waals surface area contributed by atoms with Crippen LogP contribution in [0, 0.1) is 6.92 Å². The molecule has 0 aromatic heterocycles. The summed E-state index contributed by atoms with van der Waals surface area (Å²) in [6.07, 6.45) is 0. The zero-order valence-electron chi connectivity index (χ0n) is 10.3. The molecule has 0 radical (unpaired) electrons. The van der Waals surface area contributed by atoms with Crippen molar-refractivity contribution < 1.29 is 5.21 Å². The Labute approximate surface area is 124 Å². The fourth-order valence-corrected chi connectivity index (χ4v) is 3.25. The summed E-state index contributed by atoms with van der Waals surface area (Å²) in [4.78, 5) is 2.08. The number of nitrogens with zero attached hydrogens (tertiary/aromatic N) is 1. The van der Waals surface area contributed by atoms with E-state index in [1.165, 1.54) is 0 Å². The topological polar surface area (TPSA) is 58.6 Å². The van der Waals surface area contributed by atoms with Crippen molar-refractivity contribution in [2.75, 3.05) is 0 Å². The maximum Gasteiger partial charge on any atom is 0.171 e.